The number of thioether (sulfide) groups is 1. The fourth-order valence-electron chi connectivity index (χ4n) is 2.50. The maximum absolute atomic E-state index is 12.8. The molecule has 2 aromatic carbocycles. The van der Waals surface area contributed by atoms with Gasteiger partial charge in [-0.2, -0.15) is 8.78 Å². The minimum Gasteiger partial charge on any atom is -0.459 e. The Hall–Kier alpha value is -2.84. The van der Waals surface area contributed by atoms with Crippen LogP contribution >= 0.6 is 23.4 Å². The van der Waals surface area contributed by atoms with Crippen molar-refractivity contribution in [2.45, 2.75) is 17.6 Å². The first-order valence-corrected chi connectivity index (χ1v) is 9.61. The van der Waals surface area contributed by atoms with Crippen molar-refractivity contribution in [2.24, 2.45) is 0 Å². The normalized spacial score (nSPS) is 10.8. The van der Waals surface area contributed by atoms with E-state index in [-0.39, 0.29) is 38.7 Å². The molecule has 0 aliphatic rings. The van der Waals surface area contributed by atoms with Gasteiger partial charge in [-0.15, -0.1) is 0 Å². The van der Waals surface area contributed by atoms with E-state index in [1.165, 1.54) is 30.5 Å². The van der Waals surface area contributed by atoms with Gasteiger partial charge >= 0.3 is 0 Å². The third kappa shape index (κ3) is 5.16. The lowest BCUT2D eigenvalue weighted by Crippen LogP contribution is -2.15. The molecule has 3 rings (SSSR count). The Morgan fingerprint density at radius 3 is 2.48 bits per heavy atom. The number of hydrogen-bond donors (Lipinski definition) is 2. The summed E-state index contributed by atoms with van der Waals surface area (Å²) in [6.45, 7) is 1.77. The molecule has 150 valence electrons. The summed E-state index contributed by atoms with van der Waals surface area (Å²) in [7, 11) is 0. The predicted molar refractivity (Wildman–Crippen MR) is 109 cm³/mol. The van der Waals surface area contributed by atoms with Crippen LogP contribution in [0, 0.1) is 6.92 Å². The molecule has 0 bridgehead atoms. The summed E-state index contributed by atoms with van der Waals surface area (Å²) in [5.74, 6) is -3.54. The van der Waals surface area contributed by atoms with Gasteiger partial charge in [0.15, 0.2) is 5.76 Å². The highest BCUT2D eigenvalue weighted by Gasteiger charge is 2.17. The Kier molecular flexibility index (Phi) is 6.56. The lowest BCUT2D eigenvalue weighted by molar-refractivity contribution is 0.0993. The van der Waals surface area contributed by atoms with Gasteiger partial charge in [0, 0.05) is 11.3 Å². The summed E-state index contributed by atoms with van der Waals surface area (Å²) >= 11 is 6.25. The zero-order chi connectivity index (χ0) is 21.0. The van der Waals surface area contributed by atoms with E-state index in [1.54, 1.807) is 31.2 Å². The first-order chi connectivity index (χ1) is 13.8. The molecular weight excluding hydrogens is 422 g/mol. The van der Waals surface area contributed by atoms with Gasteiger partial charge in [0.25, 0.3) is 17.6 Å². The van der Waals surface area contributed by atoms with Gasteiger partial charge in [-0.3, -0.25) is 9.59 Å². The Balaban J connectivity index is 1.82. The van der Waals surface area contributed by atoms with Gasteiger partial charge in [-0.1, -0.05) is 35.5 Å². The zero-order valence-electron chi connectivity index (χ0n) is 15.0. The smallest absolute Gasteiger partial charge is 0.291 e. The molecule has 1 aromatic heterocycles. The third-order valence-electron chi connectivity index (χ3n) is 3.92. The maximum Gasteiger partial charge on any atom is 0.291 e. The van der Waals surface area contributed by atoms with Crippen molar-refractivity contribution in [1.29, 1.82) is 0 Å². The lowest BCUT2D eigenvalue weighted by Gasteiger charge is -2.13. The summed E-state index contributed by atoms with van der Waals surface area (Å²) in [4.78, 5) is 24.9. The predicted octanol–water partition coefficient (Wildman–Crippen LogP) is 6.06. The van der Waals surface area contributed by atoms with Crippen LogP contribution < -0.4 is 10.6 Å². The summed E-state index contributed by atoms with van der Waals surface area (Å²) < 4.78 is 30.7. The first kappa shape index (κ1) is 20.9. The maximum atomic E-state index is 12.8. The Morgan fingerprint density at radius 1 is 1.03 bits per heavy atom. The van der Waals surface area contributed by atoms with Crippen LogP contribution in [0.25, 0.3) is 0 Å². The van der Waals surface area contributed by atoms with Gasteiger partial charge in [-0.25, -0.2) is 0 Å². The van der Waals surface area contributed by atoms with E-state index in [0.717, 1.165) is 5.56 Å². The average Bonchev–Trinajstić information content (AvgIpc) is 3.21. The highest BCUT2D eigenvalue weighted by molar-refractivity contribution is 7.99. The van der Waals surface area contributed by atoms with Gasteiger partial charge in [0.2, 0.25) is 0 Å². The lowest BCUT2D eigenvalue weighted by atomic mass is 10.1. The number of carbonyl (C=O) groups is 2. The number of anilines is 2. The summed E-state index contributed by atoms with van der Waals surface area (Å²) in [6.07, 6.45) is 1.38. The quantitative estimate of drug-likeness (QED) is 0.461. The van der Waals surface area contributed by atoms with Crippen LogP contribution in [0.5, 0.6) is 0 Å². The van der Waals surface area contributed by atoms with E-state index in [9.17, 15) is 18.4 Å². The Labute approximate surface area is 174 Å². The second kappa shape index (κ2) is 9.11. The van der Waals surface area contributed by atoms with E-state index in [2.05, 4.69) is 10.6 Å². The molecule has 0 saturated heterocycles. The van der Waals surface area contributed by atoms with E-state index >= 15 is 0 Å². The number of nitrogens with one attached hydrogen (secondary N) is 2. The topological polar surface area (TPSA) is 71.3 Å². The number of aryl methyl sites for hydroxylation is 1. The van der Waals surface area contributed by atoms with E-state index < -0.39 is 17.6 Å². The number of carbonyl (C=O) groups excluding carboxylic acids is 2. The van der Waals surface area contributed by atoms with Gasteiger partial charge in [0.05, 0.1) is 21.9 Å². The molecule has 0 unspecified atom stereocenters. The first-order valence-electron chi connectivity index (χ1n) is 8.35. The van der Waals surface area contributed by atoms with Crippen LogP contribution in [0.3, 0.4) is 0 Å². The van der Waals surface area contributed by atoms with Gasteiger partial charge < -0.3 is 15.1 Å². The van der Waals surface area contributed by atoms with Crippen molar-refractivity contribution >= 4 is 46.6 Å². The molecular formula is C20H15ClF2N2O3S. The van der Waals surface area contributed by atoms with E-state index in [1.807, 2.05) is 0 Å². The highest BCUT2D eigenvalue weighted by Crippen LogP contribution is 2.37. The monoisotopic (exact) mass is 436 g/mol. The van der Waals surface area contributed by atoms with E-state index in [4.69, 9.17) is 16.0 Å². The highest BCUT2D eigenvalue weighted by atomic mass is 35.5. The molecule has 0 fully saturated rings. The van der Waals surface area contributed by atoms with Gasteiger partial charge in [0.1, 0.15) is 0 Å². The Bertz CT molecular complexity index is 1040. The Morgan fingerprint density at radius 2 is 1.79 bits per heavy atom. The average molecular weight is 437 g/mol. The fraction of sp³-hybridized carbons (Fsp3) is 0.100. The molecule has 0 aliphatic heterocycles. The van der Waals surface area contributed by atoms with Crippen LogP contribution in [0.4, 0.5) is 20.2 Å². The second-order valence-corrected chi connectivity index (χ2v) is 7.32. The molecule has 1 heterocycles. The molecule has 0 radical (unpaired) electrons. The van der Waals surface area contributed by atoms with Crippen LogP contribution in [0.2, 0.25) is 5.02 Å². The standard InChI is InChI=1S/C20H15ClF2N2O3S/c1-11-7-8-12(10-15(11)25-19(27)16-6-3-9-28-16)18(26)24-14-5-2-4-13(21)17(14)29-20(22)23/h2-10,20H,1H3,(H,24,26)(H,25,27). The molecule has 3 aromatic rings. The minimum absolute atomic E-state index is 0.0796. The van der Waals surface area contributed by atoms with Crippen LogP contribution in [0.1, 0.15) is 26.5 Å². The fourth-order valence-corrected chi connectivity index (χ4v) is 3.41. The van der Waals surface area contributed by atoms with Crippen molar-refractivity contribution in [3.8, 4) is 0 Å². The van der Waals surface area contributed by atoms with Crippen molar-refractivity contribution in [3.63, 3.8) is 0 Å². The molecule has 29 heavy (non-hydrogen) atoms. The number of rotatable bonds is 6. The number of amides is 2. The zero-order valence-corrected chi connectivity index (χ0v) is 16.6. The SMILES string of the molecule is Cc1ccc(C(=O)Nc2cccc(Cl)c2SC(F)F)cc1NC(=O)c1ccco1. The van der Waals surface area contributed by atoms with Crippen LogP contribution in [0.15, 0.2) is 64.1 Å². The minimum atomic E-state index is -2.69. The largest absolute Gasteiger partial charge is 0.459 e. The van der Waals surface area contributed by atoms with Gasteiger partial charge in [-0.05, 0) is 48.9 Å². The number of benzene rings is 2. The number of alkyl halides is 2. The number of halogens is 3. The summed E-state index contributed by atoms with van der Waals surface area (Å²) in [5.41, 5.74) is 1.57. The van der Waals surface area contributed by atoms with Crippen molar-refractivity contribution in [1.82, 2.24) is 0 Å². The molecule has 0 saturated carbocycles. The molecule has 0 spiro atoms. The van der Waals surface area contributed by atoms with Crippen LogP contribution in [-0.2, 0) is 0 Å². The number of furan rings is 1. The second-order valence-electron chi connectivity index (χ2n) is 5.91. The molecule has 5 nitrogen and oxygen atoms in total. The molecule has 2 N–H and O–H groups in total. The van der Waals surface area contributed by atoms with Crippen molar-refractivity contribution in [2.75, 3.05) is 10.6 Å². The summed E-state index contributed by atoms with van der Waals surface area (Å²) in [6, 6.07) is 12.3. The third-order valence-corrected chi connectivity index (χ3v) is 5.20. The van der Waals surface area contributed by atoms with Crippen LogP contribution in [-0.4, -0.2) is 17.6 Å². The van der Waals surface area contributed by atoms with Crippen molar-refractivity contribution < 1.29 is 22.8 Å². The molecule has 0 atom stereocenters. The number of hydrogen-bond acceptors (Lipinski definition) is 4. The molecule has 2 amide bonds. The van der Waals surface area contributed by atoms with E-state index in [0.29, 0.717) is 5.69 Å². The molecule has 9 heteroatoms. The van der Waals surface area contributed by atoms with Crippen molar-refractivity contribution in [3.05, 3.63) is 76.7 Å². The summed E-state index contributed by atoms with van der Waals surface area (Å²) in [5, 5.41) is 5.39. The molecule has 0 aliphatic carbocycles.